The Hall–Kier alpha value is -3.74. The molecule has 1 fully saturated rings. The molecule has 0 spiro atoms. The van der Waals surface area contributed by atoms with Crippen molar-refractivity contribution in [3.8, 4) is 22.6 Å². The molecule has 0 radical (unpaired) electrons. The van der Waals surface area contributed by atoms with Gasteiger partial charge in [-0.15, -0.1) is 15.3 Å². The molecule has 0 atom stereocenters. The van der Waals surface area contributed by atoms with Crippen LogP contribution in [0, 0.1) is 6.92 Å². The van der Waals surface area contributed by atoms with Crippen molar-refractivity contribution in [1.29, 1.82) is 0 Å². The van der Waals surface area contributed by atoms with Gasteiger partial charge in [-0.3, -0.25) is 0 Å². The Labute approximate surface area is 179 Å². The number of fused-ring (bicyclic) bond motifs is 3. The molecule has 0 aliphatic carbocycles. The average molecular weight is 410 g/mol. The van der Waals surface area contributed by atoms with Crippen LogP contribution in [0.3, 0.4) is 0 Å². The van der Waals surface area contributed by atoms with E-state index >= 15 is 0 Å². The first-order valence-electron chi connectivity index (χ1n) is 10.7. The number of benzene rings is 2. The fourth-order valence-corrected chi connectivity index (χ4v) is 4.49. The molecule has 0 saturated carbocycles. The van der Waals surface area contributed by atoms with Gasteiger partial charge in [0.2, 0.25) is 0 Å². The van der Waals surface area contributed by atoms with Crippen molar-refractivity contribution in [2.75, 3.05) is 18.0 Å². The van der Waals surface area contributed by atoms with Crippen molar-refractivity contribution < 1.29 is 4.52 Å². The topological polar surface area (TPSA) is 72.3 Å². The maximum Gasteiger partial charge on any atom is 0.191 e. The van der Waals surface area contributed by atoms with Crippen molar-refractivity contribution >= 4 is 22.2 Å². The Balaban J connectivity index is 1.62. The lowest BCUT2D eigenvalue weighted by molar-refractivity contribution is 0.400. The van der Waals surface area contributed by atoms with E-state index in [9.17, 15) is 0 Å². The highest BCUT2D eigenvalue weighted by Crippen LogP contribution is 2.35. The Kier molecular flexibility index (Phi) is 4.19. The van der Waals surface area contributed by atoms with Crippen molar-refractivity contribution in [3.63, 3.8) is 0 Å². The molecule has 4 heterocycles. The first-order valence-corrected chi connectivity index (χ1v) is 10.7. The first-order chi connectivity index (χ1) is 15.3. The first kappa shape index (κ1) is 18.1. The molecule has 5 aromatic rings. The van der Waals surface area contributed by atoms with E-state index < -0.39 is 0 Å². The fourth-order valence-electron chi connectivity index (χ4n) is 4.49. The monoisotopic (exact) mass is 410 g/mol. The van der Waals surface area contributed by atoms with E-state index in [1.165, 1.54) is 19.3 Å². The van der Waals surface area contributed by atoms with Gasteiger partial charge in [0.1, 0.15) is 11.5 Å². The molecule has 7 nitrogen and oxygen atoms in total. The van der Waals surface area contributed by atoms with E-state index in [0.29, 0.717) is 11.6 Å². The summed E-state index contributed by atoms with van der Waals surface area (Å²) < 4.78 is 7.45. The van der Waals surface area contributed by atoms with Crippen LogP contribution in [-0.4, -0.2) is 38.1 Å². The van der Waals surface area contributed by atoms with E-state index in [0.717, 1.165) is 52.1 Å². The largest absolute Gasteiger partial charge is 0.360 e. The summed E-state index contributed by atoms with van der Waals surface area (Å²) in [5.74, 6) is 2.33. The third kappa shape index (κ3) is 2.88. The second kappa shape index (κ2) is 7.19. The number of aromatic nitrogens is 5. The second-order valence-corrected chi connectivity index (χ2v) is 8.00. The number of hydrogen-bond donors (Lipinski definition) is 0. The Morgan fingerprint density at radius 2 is 1.58 bits per heavy atom. The fraction of sp³-hybridized carbons (Fsp3) is 0.250. The maximum absolute atomic E-state index is 5.59. The van der Waals surface area contributed by atoms with Crippen LogP contribution in [0.5, 0.6) is 0 Å². The zero-order valence-corrected chi connectivity index (χ0v) is 17.3. The van der Waals surface area contributed by atoms with Gasteiger partial charge in [-0.05, 0) is 26.2 Å². The molecule has 31 heavy (non-hydrogen) atoms. The smallest absolute Gasteiger partial charge is 0.191 e. The lowest BCUT2D eigenvalue weighted by Gasteiger charge is -2.28. The lowest BCUT2D eigenvalue weighted by Crippen LogP contribution is -2.30. The highest BCUT2D eigenvalue weighted by atomic mass is 16.5. The van der Waals surface area contributed by atoms with Crippen LogP contribution in [0.2, 0.25) is 0 Å². The predicted molar refractivity (Wildman–Crippen MR) is 120 cm³/mol. The van der Waals surface area contributed by atoms with Crippen LogP contribution in [0.25, 0.3) is 39.1 Å². The Bertz CT molecular complexity index is 1380. The van der Waals surface area contributed by atoms with Crippen LogP contribution < -0.4 is 4.90 Å². The van der Waals surface area contributed by atoms with Crippen LogP contribution in [0.15, 0.2) is 59.1 Å². The molecule has 2 aromatic carbocycles. The summed E-state index contributed by atoms with van der Waals surface area (Å²) in [6.45, 7) is 3.94. The molecule has 1 saturated heterocycles. The van der Waals surface area contributed by atoms with Crippen molar-refractivity contribution in [3.05, 3.63) is 60.4 Å². The summed E-state index contributed by atoms with van der Waals surface area (Å²) in [5, 5.41) is 20.6. The molecule has 154 valence electrons. The van der Waals surface area contributed by atoms with E-state index in [1.807, 2.05) is 47.8 Å². The predicted octanol–water partition coefficient (Wildman–Crippen LogP) is 4.90. The number of nitrogens with zero attached hydrogens (tertiary/aromatic N) is 6. The summed E-state index contributed by atoms with van der Waals surface area (Å²) in [6.07, 6.45) is 3.65. The molecule has 1 aliphatic heterocycles. The Morgan fingerprint density at radius 1 is 0.839 bits per heavy atom. The number of hydrogen-bond acceptors (Lipinski definition) is 6. The van der Waals surface area contributed by atoms with Gasteiger partial charge >= 0.3 is 0 Å². The number of piperidine rings is 1. The SMILES string of the molecule is Cc1onc(-c2ccccc2)c1-c1nnc2c3ccccc3c(N3CCCCC3)nn12. The molecular formula is C24H22N6O. The van der Waals surface area contributed by atoms with Crippen LogP contribution in [0.4, 0.5) is 5.82 Å². The van der Waals surface area contributed by atoms with Gasteiger partial charge in [0.05, 0.1) is 5.56 Å². The second-order valence-electron chi connectivity index (χ2n) is 8.00. The van der Waals surface area contributed by atoms with Crippen LogP contribution in [-0.2, 0) is 0 Å². The van der Waals surface area contributed by atoms with Crippen LogP contribution >= 0.6 is 0 Å². The molecule has 7 heteroatoms. The minimum Gasteiger partial charge on any atom is -0.360 e. The lowest BCUT2D eigenvalue weighted by atomic mass is 10.1. The van der Waals surface area contributed by atoms with E-state index in [-0.39, 0.29) is 0 Å². The summed E-state index contributed by atoms with van der Waals surface area (Å²) >= 11 is 0. The molecule has 0 unspecified atom stereocenters. The highest BCUT2D eigenvalue weighted by Gasteiger charge is 2.25. The van der Waals surface area contributed by atoms with Gasteiger partial charge in [-0.2, -0.15) is 4.52 Å². The number of rotatable bonds is 3. The number of anilines is 1. The molecule has 0 N–H and O–H groups in total. The summed E-state index contributed by atoms with van der Waals surface area (Å²) in [4.78, 5) is 2.38. The third-order valence-corrected chi connectivity index (χ3v) is 6.03. The molecule has 0 amide bonds. The molecular weight excluding hydrogens is 388 g/mol. The van der Waals surface area contributed by atoms with Gasteiger partial charge in [-0.25, -0.2) is 0 Å². The zero-order chi connectivity index (χ0) is 20.8. The highest BCUT2D eigenvalue weighted by molar-refractivity contribution is 6.00. The molecule has 1 aliphatic rings. The van der Waals surface area contributed by atoms with Crippen molar-refractivity contribution in [2.45, 2.75) is 26.2 Å². The van der Waals surface area contributed by atoms with Crippen LogP contribution in [0.1, 0.15) is 25.0 Å². The average Bonchev–Trinajstić information content (AvgIpc) is 3.42. The molecule has 3 aromatic heterocycles. The summed E-state index contributed by atoms with van der Waals surface area (Å²) in [5.41, 5.74) is 3.29. The van der Waals surface area contributed by atoms with Crippen molar-refractivity contribution in [2.24, 2.45) is 0 Å². The standard InChI is InChI=1S/C24H22N6O/c1-16-20(21(28-31-16)17-10-4-2-5-11-17)24-26-25-22-18-12-6-7-13-19(18)23(27-30(22)24)29-14-8-3-9-15-29/h2,4-7,10-13H,3,8-9,14-15H2,1H3. The summed E-state index contributed by atoms with van der Waals surface area (Å²) in [6, 6.07) is 18.3. The molecule has 0 bridgehead atoms. The minimum atomic E-state index is 0.650. The van der Waals surface area contributed by atoms with Gasteiger partial charge in [0.25, 0.3) is 0 Å². The zero-order valence-electron chi connectivity index (χ0n) is 17.3. The van der Waals surface area contributed by atoms with Gasteiger partial charge in [0.15, 0.2) is 17.3 Å². The van der Waals surface area contributed by atoms with E-state index in [1.54, 1.807) is 0 Å². The van der Waals surface area contributed by atoms with Gasteiger partial charge in [0, 0.05) is 29.4 Å². The maximum atomic E-state index is 5.59. The van der Waals surface area contributed by atoms with E-state index in [2.05, 4.69) is 38.5 Å². The third-order valence-electron chi connectivity index (χ3n) is 6.03. The minimum absolute atomic E-state index is 0.650. The van der Waals surface area contributed by atoms with Gasteiger partial charge < -0.3 is 9.42 Å². The van der Waals surface area contributed by atoms with E-state index in [4.69, 9.17) is 9.62 Å². The number of aryl methyl sites for hydroxylation is 1. The van der Waals surface area contributed by atoms with Gasteiger partial charge in [-0.1, -0.05) is 59.8 Å². The Morgan fingerprint density at radius 3 is 2.39 bits per heavy atom. The summed E-state index contributed by atoms with van der Waals surface area (Å²) in [7, 11) is 0. The van der Waals surface area contributed by atoms with Crippen molar-refractivity contribution in [1.82, 2.24) is 25.0 Å². The normalized spacial score (nSPS) is 14.5. The quantitative estimate of drug-likeness (QED) is 0.421. The molecule has 6 rings (SSSR count).